The van der Waals surface area contributed by atoms with Crippen molar-refractivity contribution in [3.05, 3.63) is 35.9 Å². The fourth-order valence-corrected chi connectivity index (χ4v) is 1.76. The van der Waals surface area contributed by atoms with E-state index in [1.165, 1.54) is 0 Å². The first-order chi connectivity index (χ1) is 10.2. The number of nitrogens with one attached hydrogen (secondary N) is 1. The summed E-state index contributed by atoms with van der Waals surface area (Å²) in [4.78, 5) is 22.9. The number of carbonyl (C=O) groups excluding carboxylic acids is 1. The summed E-state index contributed by atoms with van der Waals surface area (Å²) >= 11 is 0. The molecule has 3 N–H and O–H groups in total. The first kappa shape index (κ1) is 18.0. The van der Waals surface area contributed by atoms with E-state index in [-0.39, 0.29) is 18.9 Å². The lowest BCUT2D eigenvalue weighted by Crippen LogP contribution is -2.47. The van der Waals surface area contributed by atoms with Crippen molar-refractivity contribution in [1.82, 2.24) is 5.32 Å². The molecule has 1 rings (SSSR count). The number of rotatable bonds is 7. The molecule has 6 nitrogen and oxygen atoms in total. The molecule has 122 valence electrons. The molecule has 0 saturated heterocycles. The Balaban J connectivity index is 2.56. The van der Waals surface area contributed by atoms with Crippen molar-refractivity contribution in [3.63, 3.8) is 0 Å². The molecule has 0 aliphatic carbocycles. The largest absolute Gasteiger partial charge is 0.480 e. The van der Waals surface area contributed by atoms with Gasteiger partial charge < -0.3 is 20.3 Å². The van der Waals surface area contributed by atoms with Crippen LogP contribution >= 0.6 is 0 Å². The van der Waals surface area contributed by atoms with Crippen LogP contribution in [0.25, 0.3) is 0 Å². The number of alkyl carbamates (subject to hydrolysis) is 1. The van der Waals surface area contributed by atoms with Gasteiger partial charge in [0.15, 0.2) is 0 Å². The molecular formula is C16H23NO5. The molecular weight excluding hydrogens is 286 g/mol. The van der Waals surface area contributed by atoms with E-state index < -0.39 is 23.7 Å². The van der Waals surface area contributed by atoms with Crippen LogP contribution in [-0.2, 0) is 16.1 Å². The first-order valence-electron chi connectivity index (χ1n) is 7.15. The average Bonchev–Trinajstić information content (AvgIpc) is 2.45. The smallest absolute Gasteiger partial charge is 0.408 e. The van der Waals surface area contributed by atoms with Crippen molar-refractivity contribution in [1.29, 1.82) is 0 Å². The van der Waals surface area contributed by atoms with Gasteiger partial charge in [0, 0.05) is 6.42 Å². The SMILES string of the molecule is CC(C)C(C)(O)CC(NC(=O)OCc1ccccc1)C(=O)O. The highest BCUT2D eigenvalue weighted by atomic mass is 16.5. The molecule has 6 heteroatoms. The number of amides is 1. The number of carboxylic acid groups (broad SMARTS) is 1. The third-order valence-electron chi connectivity index (χ3n) is 3.66. The van der Waals surface area contributed by atoms with E-state index in [0.717, 1.165) is 5.56 Å². The summed E-state index contributed by atoms with van der Waals surface area (Å²) in [5.74, 6) is -1.35. The predicted molar refractivity (Wildman–Crippen MR) is 81.3 cm³/mol. The minimum absolute atomic E-state index is 0.0551. The van der Waals surface area contributed by atoms with E-state index in [2.05, 4.69) is 5.32 Å². The molecule has 0 aromatic heterocycles. The zero-order valence-corrected chi connectivity index (χ0v) is 13.1. The maximum absolute atomic E-state index is 11.7. The molecule has 1 aromatic carbocycles. The number of carboxylic acids is 1. The third-order valence-corrected chi connectivity index (χ3v) is 3.66. The molecule has 1 amide bonds. The molecule has 0 radical (unpaired) electrons. The number of hydrogen-bond acceptors (Lipinski definition) is 4. The minimum atomic E-state index is -1.21. The van der Waals surface area contributed by atoms with Gasteiger partial charge in [0.2, 0.25) is 0 Å². The third kappa shape index (κ3) is 5.73. The van der Waals surface area contributed by atoms with Crippen LogP contribution < -0.4 is 5.32 Å². The van der Waals surface area contributed by atoms with Gasteiger partial charge in [-0.2, -0.15) is 0 Å². The fourth-order valence-electron chi connectivity index (χ4n) is 1.76. The van der Waals surface area contributed by atoms with Gasteiger partial charge in [-0.05, 0) is 18.4 Å². The molecule has 2 unspecified atom stereocenters. The lowest BCUT2D eigenvalue weighted by atomic mass is 9.86. The number of aliphatic hydroxyl groups is 1. The van der Waals surface area contributed by atoms with E-state index in [0.29, 0.717) is 0 Å². The van der Waals surface area contributed by atoms with Crippen LogP contribution in [0.1, 0.15) is 32.8 Å². The van der Waals surface area contributed by atoms with E-state index in [9.17, 15) is 19.8 Å². The van der Waals surface area contributed by atoms with Gasteiger partial charge in [-0.1, -0.05) is 44.2 Å². The molecule has 0 aliphatic rings. The second-order valence-corrected chi connectivity index (χ2v) is 5.81. The Morgan fingerprint density at radius 3 is 2.36 bits per heavy atom. The molecule has 0 fully saturated rings. The maximum atomic E-state index is 11.7. The minimum Gasteiger partial charge on any atom is -0.480 e. The van der Waals surface area contributed by atoms with Crippen LogP contribution in [0.15, 0.2) is 30.3 Å². The Labute approximate surface area is 130 Å². The van der Waals surface area contributed by atoms with Crippen molar-refractivity contribution in [3.8, 4) is 0 Å². The Bertz CT molecular complexity index is 499. The summed E-state index contributed by atoms with van der Waals surface area (Å²) < 4.78 is 4.99. The second kappa shape index (κ2) is 7.79. The van der Waals surface area contributed by atoms with Crippen LogP contribution in [0.2, 0.25) is 0 Å². The fraction of sp³-hybridized carbons (Fsp3) is 0.500. The number of carbonyl (C=O) groups is 2. The Kier molecular flexibility index (Phi) is 6.37. The zero-order chi connectivity index (χ0) is 16.8. The van der Waals surface area contributed by atoms with Crippen molar-refractivity contribution >= 4 is 12.1 Å². The zero-order valence-electron chi connectivity index (χ0n) is 13.1. The summed E-state index contributed by atoms with van der Waals surface area (Å²) in [5.41, 5.74) is -0.394. The van der Waals surface area contributed by atoms with E-state index in [1.54, 1.807) is 32.9 Å². The maximum Gasteiger partial charge on any atom is 0.408 e. The molecule has 1 aromatic rings. The molecule has 0 heterocycles. The number of hydrogen-bond donors (Lipinski definition) is 3. The van der Waals surface area contributed by atoms with Crippen LogP contribution in [0.5, 0.6) is 0 Å². The second-order valence-electron chi connectivity index (χ2n) is 5.81. The lowest BCUT2D eigenvalue weighted by Gasteiger charge is -2.30. The van der Waals surface area contributed by atoms with E-state index in [1.807, 2.05) is 18.2 Å². The lowest BCUT2D eigenvalue weighted by molar-refractivity contribution is -0.141. The first-order valence-corrected chi connectivity index (χ1v) is 7.15. The van der Waals surface area contributed by atoms with Crippen molar-refractivity contribution in [2.75, 3.05) is 0 Å². The molecule has 22 heavy (non-hydrogen) atoms. The van der Waals surface area contributed by atoms with Gasteiger partial charge in [0.25, 0.3) is 0 Å². The van der Waals surface area contributed by atoms with Crippen LogP contribution in [-0.4, -0.2) is 33.9 Å². The summed E-state index contributed by atoms with van der Waals surface area (Å²) in [6, 6.07) is 7.86. The highest BCUT2D eigenvalue weighted by Gasteiger charge is 2.33. The average molecular weight is 309 g/mol. The number of aliphatic carboxylic acids is 1. The van der Waals surface area contributed by atoms with Gasteiger partial charge >= 0.3 is 12.1 Å². The van der Waals surface area contributed by atoms with Gasteiger partial charge in [-0.15, -0.1) is 0 Å². The van der Waals surface area contributed by atoms with Crippen LogP contribution in [0.4, 0.5) is 4.79 Å². The quantitative estimate of drug-likeness (QED) is 0.717. The van der Waals surface area contributed by atoms with E-state index in [4.69, 9.17) is 4.74 Å². The van der Waals surface area contributed by atoms with Crippen LogP contribution in [0.3, 0.4) is 0 Å². The van der Waals surface area contributed by atoms with Gasteiger partial charge in [-0.25, -0.2) is 9.59 Å². The Morgan fingerprint density at radius 2 is 1.86 bits per heavy atom. The standard InChI is InChI=1S/C16H23NO5/c1-11(2)16(3,21)9-13(14(18)19)17-15(20)22-10-12-7-5-4-6-8-12/h4-8,11,13,21H,9-10H2,1-3H3,(H,17,20)(H,18,19). The van der Waals surface area contributed by atoms with Gasteiger partial charge in [-0.3, -0.25) is 0 Å². The molecule has 2 atom stereocenters. The Morgan fingerprint density at radius 1 is 1.27 bits per heavy atom. The number of benzene rings is 1. The molecule has 0 aliphatic heterocycles. The summed E-state index contributed by atoms with van der Waals surface area (Å²) in [6.45, 7) is 5.17. The van der Waals surface area contributed by atoms with Gasteiger partial charge in [0.1, 0.15) is 12.6 Å². The topological polar surface area (TPSA) is 95.9 Å². The van der Waals surface area contributed by atoms with Crippen LogP contribution in [0, 0.1) is 5.92 Å². The Hall–Kier alpha value is -2.08. The summed E-state index contributed by atoms with van der Waals surface area (Å²) in [5, 5.41) is 21.6. The van der Waals surface area contributed by atoms with Crippen molar-refractivity contribution in [2.24, 2.45) is 5.92 Å². The summed E-state index contributed by atoms with van der Waals surface area (Å²) in [7, 11) is 0. The molecule has 0 bridgehead atoms. The normalized spacial score (nSPS) is 15.0. The number of ether oxygens (including phenoxy) is 1. The van der Waals surface area contributed by atoms with Crippen molar-refractivity contribution < 1.29 is 24.5 Å². The highest BCUT2D eigenvalue weighted by Crippen LogP contribution is 2.22. The molecule has 0 spiro atoms. The molecule has 0 saturated carbocycles. The van der Waals surface area contributed by atoms with Crippen molar-refractivity contribution in [2.45, 2.75) is 45.4 Å². The highest BCUT2D eigenvalue weighted by molar-refractivity contribution is 5.79. The predicted octanol–water partition coefficient (Wildman–Crippen LogP) is 2.16. The van der Waals surface area contributed by atoms with E-state index >= 15 is 0 Å². The van der Waals surface area contributed by atoms with Gasteiger partial charge in [0.05, 0.1) is 5.60 Å². The summed E-state index contributed by atoms with van der Waals surface area (Å²) in [6.07, 6.45) is -0.920. The monoisotopic (exact) mass is 309 g/mol.